The number of nitrogens with one attached hydrogen (secondary N) is 1. The lowest BCUT2D eigenvalue weighted by Gasteiger charge is -2.34. The summed E-state index contributed by atoms with van der Waals surface area (Å²) >= 11 is 0. The first kappa shape index (κ1) is 17.6. The SMILES string of the molecule is CCS(=O)(=O)N1Cc2ccccc2C[C@H]1C(=O)Nc1cccc(C)c1. The molecule has 3 rings (SSSR count). The van der Waals surface area contributed by atoms with Crippen molar-refractivity contribution in [2.45, 2.75) is 32.9 Å². The fraction of sp³-hybridized carbons (Fsp3) is 0.316. The molecule has 2 aromatic carbocycles. The minimum Gasteiger partial charge on any atom is -0.325 e. The molecule has 0 aliphatic carbocycles. The Kier molecular flexibility index (Phi) is 4.92. The van der Waals surface area contributed by atoms with E-state index in [1.165, 1.54) is 4.31 Å². The van der Waals surface area contributed by atoms with Gasteiger partial charge in [-0.05, 0) is 49.1 Å². The lowest BCUT2D eigenvalue weighted by atomic mass is 9.95. The molecular weight excluding hydrogens is 336 g/mol. The molecule has 1 aliphatic heterocycles. The summed E-state index contributed by atoms with van der Waals surface area (Å²) in [5.41, 5.74) is 3.69. The number of anilines is 1. The van der Waals surface area contributed by atoms with Crippen LogP contribution in [0.3, 0.4) is 0 Å². The van der Waals surface area contributed by atoms with Crippen LogP contribution in [0.2, 0.25) is 0 Å². The van der Waals surface area contributed by atoms with Crippen LogP contribution in [0.4, 0.5) is 5.69 Å². The van der Waals surface area contributed by atoms with Gasteiger partial charge in [-0.2, -0.15) is 4.31 Å². The second-order valence-electron chi connectivity index (χ2n) is 6.29. The number of carbonyl (C=O) groups excluding carboxylic acids is 1. The molecule has 25 heavy (non-hydrogen) atoms. The summed E-state index contributed by atoms with van der Waals surface area (Å²) < 4.78 is 26.4. The number of amides is 1. The minimum absolute atomic E-state index is 0.0244. The molecule has 6 heteroatoms. The summed E-state index contributed by atoms with van der Waals surface area (Å²) in [4.78, 5) is 12.8. The van der Waals surface area contributed by atoms with Crippen LogP contribution in [0, 0.1) is 6.92 Å². The van der Waals surface area contributed by atoms with E-state index in [0.29, 0.717) is 12.1 Å². The third-order valence-corrected chi connectivity index (χ3v) is 6.34. The van der Waals surface area contributed by atoms with Gasteiger partial charge in [0.2, 0.25) is 15.9 Å². The normalized spacial score (nSPS) is 17.8. The Hall–Kier alpha value is -2.18. The first-order valence-electron chi connectivity index (χ1n) is 8.34. The van der Waals surface area contributed by atoms with Crippen LogP contribution in [-0.2, 0) is 27.8 Å². The van der Waals surface area contributed by atoms with Crippen LogP contribution < -0.4 is 5.32 Å². The summed E-state index contributed by atoms with van der Waals surface area (Å²) in [5, 5.41) is 2.86. The summed E-state index contributed by atoms with van der Waals surface area (Å²) in [5.74, 6) is -0.319. The highest BCUT2D eigenvalue weighted by Gasteiger charge is 2.37. The first-order chi connectivity index (χ1) is 11.9. The van der Waals surface area contributed by atoms with E-state index >= 15 is 0 Å². The third kappa shape index (κ3) is 3.75. The molecule has 0 radical (unpaired) electrons. The van der Waals surface area contributed by atoms with Gasteiger partial charge in [0, 0.05) is 12.2 Å². The van der Waals surface area contributed by atoms with Crippen LogP contribution in [0.5, 0.6) is 0 Å². The van der Waals surface area contributed by atoms with Crippen molar-refractivity contribution in [2.24, 2.45) is 0 Å². The first-order valence-corrected chi connectivity index (χ1v) is 9.95. The molecule has 1 aliphatic rings. The van der Waals surface area contributed by atoms with E-state index in [1.54, 1.807) is 13.0 Å². The zero-order chi connectivity index (χ0) is 18.0. The lowest BCUT2D eigenvalue weighted by molar-refractivity contribution is -0.120. The van der Waals surface area contributed by atoms with Crippen molar-refractivity contribution < 1.29 is 13.2 Å². The highest BCUT2D eigenvalue weighted by atomic mass is 32.2. The molecule has 1 N–H and O–H groups in total. The van der Waals surface area contributed by atoms with Crippen molar-refractivity contribution in [3.05, 3.63) is 65.2 Å². The quantitative estimate of drug-likeness (QED) is 0.914. The molecule has 1 heterocycles. The number of benzene rings is 2. The second-order valence-corrected chi connectivity index (χ2v) is 8.50. The largest absolute Gasteiger partial charge is 0.325 e. The van der Waals surface area contributed by atoms with Crippen LogP contribution in [0.15, 0.2) is 48.5 Å². The van der Waals surface area contributed by atoms with Crippen LogP contribution in [0.1, 0.15) is 23.6 Å². The van der Waals surface area contributed by atoms with Gasteiger partial charge < -0.3 is 5.32 Å². The molecule has 0 saturated carbocycles. The maximum absolute atomic E-state index is 12.8. The van der Waals surface area contributed by atoms with Gasteiger partial charge in [-0.25, -0.2) is 8.42 Å². The number of nitrogens with zero attached hydrogens (tertiary/aromatic N) is 1. The fourth-order valence-electron chi connectivity index (χ4n) is 3.13. The monoisotopic (exact) mass is 358 g/mol. The average molecular weight is 358 g/mol. The van der Waals surface area contributed by atoms with Crippen LogP contribution in [0.25, 0.3) is 0 Å². The van der Waals surface area contributed by atoms with Gasteiger partial charge in [-0.3, -0.25) is 4.79 Å². The van der Waals surface area contributed by atoms with E-state index in [0.717, 1.165) is 16.7 Å². The lowest BCUT2D eigenvalue weighted by Crippen LogP contribution is -2.51. The molecular formula is C19H22N2O3S. The van der Waals surface area contributed by atoms with Gasteiger partial charge >= 0.3 is 0 Å². The number of hydrogen-bond acceptors (Lipinski definition) is 3. The summed E-state index contributed by atoms with van der Waals surface area (Å²) in [6.07, 6.45) is 0.382. The zero-order valence-corrected chi connectivity index (χ0v) is 15.2. The molecule has 0 bridgehead atoms. The van der Waals surface area contributed by atoms with Crippen molar-refractivity contribution in [1.82, 2.24) is 4.31 Å². The fourth-order valence-corrected chi connectivity index (χ4v) is 4.35. The van der Waals surface area contributed by atoms with Gasteiger partial charge in [0.05, 0.1) is 5.75 Å². The average Bonchev–Trinajstić information content (AvgIpc) is 2.60. The highest BCUT2D eigenvalue weighted by Crippen LogP contribution is 2.27. The number of sulfonamides is 1. The van der Waals surface area contributed by atoms with Crippen molar-refractivity contribution in [2.75, 3.05) is 11.1 Å². The molecule has 132 valence electrons. The molecule has 1 atom stereocenters. The van der Waals surface area contributed by atoms with Gasteiger partial charge in [0.1, 0.15) is 6.04 Å². The summed E-state index contributed by atoms with van der Waals surface area (Å²) in [6, 6.07) is 14.4. The number of fused-ring (bicyclic) bond motifs is 1. The minimum atomic E-state index is -3.49. The molecule has 0 fully saturated rings. The van der Waals surface area contributed by atoms with E-state index in [2.05, 4.69) is 5.32 Å². The topological polar surface area (TPSA) is 66.5 Å². The maximum atomic E-state index is 12.8. The van der Waals surface area contributed by atoms with Crippen molar-refractivity contribution in [3.8, 4) is 0 Å². The predicted octanol–water partition coefficient (Wildman–Crippen LogP) is 2.71. The van der Waals surface area contributed by atoms with Gasteiger partial charge in [-0.15, -0.1) is 0 Å². The van der Waals surface area contributed by atoms with Gasteiger partial charge in [0.15, 0.2) is 0 Å². The Bertz CT molecular complexity index is 893. The van der Waals surface area contributed by atoms with Crippen LogP contribution in [-0.4, -0.2) is 30.4 Å². The summed E-state index contributed by atoms with van der Waals surface area (Å²) in [6.45, 7) is 3.78. The Balaban J connectivity index is 1.92. The van der Waals surface area contributed by atoms with Gasteiger partial charge in [-0.1, -0.05) is 36.4 Å². The van der Waals surface area contributed by atoms with E-state index in [4.69, 9.17) is 0 Å². The van der Waals surface area contributed by atoms with Crippen molar-refractivity contribution in [1.29, 1.82) is 0 Å². The molecule has 0 aromatic heterocycles. The highest BCUT2D eigenvalue weighted by molar-refractivity contribution is 7.89. The zero-order valence-electron chi connectivity index (χ0n) is 14.4. The molecule has 1 amide bonds. The molecule has 0 spiro atoms. The van der Waals surface area contributed by atoms with E-state index < -0.39 is 16.1 Å². The molecule has 2 aromatic rings. The number of aryl methyl sites for hydroxylation is 1. The Morgan fingerprint density at radius 2 is 1.88 bits per heavy atom. The number of carbonyl (C=O) groups is 1. The second kappa shape index (κ2) is 6.98. The maximum Gasteiger partial charge on any atom is 0.243 e. The smallest absolute Gasteiger partial charge is 0.243 e. The molecule has 5 nitrogen and oxygen atoms in total. The summed E-state index contributed by atoms with van der Waals surface area (Å²) in [7, 11) is -3.49. The Morgan fingerprint density at radius 3 is 2.56 bits per heavy atom. The van der Waals surface area contributed by atoms with Crippen molar-refractivity contribution >= 4 is 21.6 Å². The number of rotatable bonds is 4. The standard InChI is InChI=1S/C19H22N2O3S/c1-3-25(23,24)21-13-16-9-5-4-8-15(16)12-18(21)19(22)20-17-10-6-7-14(2)11-17/h4-11,18H,3,12-13H2,1-2H3,(H,20,22)/t18-/m0/s1. The van der Waals surface area contributed by atoms with Crippen LogP contribution >= 0.6 is 0 Å². The van der Waals surface area contributed by atoms with E-state index in [1.807, 2.05) is 49.4 Å². The van der Waals surface area contributed by atoms with E-state index in [-0.39, 0.29) is 18.2 Å². The Labute approximate surface area is 148 Å². The predicted molar refractivity (Wildman–Crippen MR) is 98.7 cm³/mol. The third-order valence-electron chi connectivity index (χ3n) is 4.52. The molecule has 0 unspecified atom stereocenters. The van der Waals surface area contributed by atoms with Gasteiger partial charge in [0.25, 0.3) is 0 Å². The number of hydrogen-bond donors (Lipinski definition) is 1. The van der Waals surface area contributed by atoms with Crippen molar-refractivity contribution in [3.63, 3.8) is 0 Å². The van der Waals surface area contributed by atoms with E-state index in [9.17, 15) is 13.2 Å². The Morgan fingerprint density at radius 1 is 1.16 bits per heavy atom. The molecule has 0 saturated heterocycles.